The summed E-state index contributed by atoms with van der Waals surface area (Å²) >= 11 is 1.21. The van der Waals surface area contributed by atoms with Crippen molar-refractivity contribution in [1.29, 1.82) is 0 Å². The van der Waals surface area contributed by atoms with Crippen molar-refractivity contribution < 1.29 is 4.18 Å². The van der Waals surface area contributed by atoms with E-state index in [0.717, 1.165) is 17.1 Å². The molecule has 1 heterocycles. The smallest absolute Gasteiger partial charge is 0.176 e. The lowest BCUT2D eigenvalue weighted by atomic mass is 10.3. The fourth-order valence-electron chi connectivity index (χ4n) is 0.803. The Labute approximate surface area is 62.9 Å². The molecular formula is C6H6N2OS. The van der Waals surface area contributed by atoms with E-state index in [-0.39, 0.29) is 0 Å². The van der Waals surface area contributed by atoms with E-state index < -0.39 is 0 Å². The van der Waals surface area contributed by atoms with Crippen LogP contribution < -0.4 is 14.6 Å². The maximum Gasteiger partial charge on any atom is 0.176 e. The molecule has 0 atom stereocenters. The molecule has 1 aliphatic heterocycles. The third-order valence-electron chi connectivity index (χ3n) is 1.29. The zero-order valence-corrected chi connectivity index (χ0v) is 5.94. The molecule has 0 aliphatic carbocycles. The van der Waals surface area contributed by atoms with E-state index in [1.807, 2.05) is 12.1 Å². The number of nitrogens with one attached hydrogen (secondary N) is 1. The van der Waals surface area contributed by atoms with E-state index in [9.17, 15) is 0 Å². The topological polar surface area (TPSA) is 47.3 Å². The monoisotopic (exact) mass is 154 g/mol. The Morgan fingerprint density at radius 2 is 2.40 bits per heavy atom. The highest BCUT2D eigenvalue weighted by atomic mass is 32.2. The highest BCUT2D eigenvalue weighted by Gasteiger charge is 2.11. The van der Waals surface area contributed by atoms with Crippen LogP contribution in [0.5, 0.6) is 5.75 Å². The van der Waals surface area contributed by atoms with Crippen molar-refractivity contribution in [3.63, 3.8) is 0 Å². The molecule has 0 radical (unpaired) electrons. The maximum atomic E-state index is 5.51. The van der Waals surface area contributed by atoms with Crippen molar-refractivity contribution in [3.05, 3.63) is 18.2 Å². The van der Waals surface area contributed by atoms with Crippen LogP contribution in [0.3, 0.4) is 0 Å². The van der Waals surface area contributed by atoms with Crippen LogP contribution in [0.1, 0.15) is 0 Å². The summed E-state index contributed by atoms with van der Waals surface area (Å²) in [5.41, 5.74) is 7.22. The molecular weight excluding hydrogens is 148 g/mol. The molecule has 10 heavy (non-hydrogen) atoms. The summed E-state index contributed by atoms with van der Waals surface area (Å²) in [4.78, 5) is 0. The average Bonchev–Trinajstić information content (AvgIpc) is 2.33. The molecule has 1 aromatic rings. The number of rotatable bonds is 0. The first-order valence-electron chi connectivity index (χ1n) is 2.85. The van der Waals surface area contributed by atoms with Gasteiger partial charge in [-0.2, -0.15) is 0 Å². The van der Waals surface area contributed by atoms with Gasteiger partial charge in [0.15, 0.2) is 18.0 Å². The van der Waals surface area contributed by atoms with Crippen LogP contribution in [-0.2, 0) is 0 Å². The van der Waals surface area contributed by atoms with Crippen LogP contribution in [0.15, 0.2) is 18.2 Å². The van der Waals surface area contributed by atoms with E-state index in [1.54, 1.807) is 6.07 Å². The second kappa shape index (κ2) is 1.98. The van der Waals surface area contributed by atoms with Gasteiger partial charge in [0.05, 0.1) is 5.69 Å². The van der Waals surface area contributed by atoms with Gasteiger partial charge in [-0.25, -0.2) is 0 Å². The Balaban J connectivity index is 2.52. The molecule has 0 bridgehead atoms. The number of nitrogens with two attached hydrogens (primary N) is 1. The lowest BCUT2D eigenvalue weighted by Crippen LogP contribution is -1.83. The fourth-order valence-corrected chi connectivity index (χ4v) is 1.33. The molecule has 1 aliphatic rings. The van der Waals surface area contributed by atoms with Gasteiger partial charge in [0.2, 0.25) is 0 Å². The molecule has 52 valence electrons. The first-order valence-corrected chi connectivity index (χ1v) is 3.59. The average molecular weight is 154 g/mol. The van der Waals surface area contributed by atoms with E-state index in [4.69, 9.17) is 9.92 Å². The number of nitrogen functional groups attached to an aromatic ring is 1. The van der Waals surface area contributed by atoms with E-state index in [0.29, 0.717) is 0 Å². The Kier molecular flexibility index (Phi) is 1.14. The Morgan fingerprint density at radius 3 is 3.30 bits per heavy atom. The fraction of sp³-hybridized carbons (Fsp3) is 0. The summed E-state index contributed by atoms with van der Waals surface area (Å²) in [6.45, 7) is 0. The van der Waals surface area contributed by atoms with Crippen LogP contribution in [-0.4, -0.2) is 0 Å². The van der Waals surface area contributed by atoms with Crippen LogP contribution in [0.2, 0.25) is 0 Å². The molecule has 0 aromatic heterocycles. The Bertz CT molecular complexity index is 264. The summed E-state index contributed by atoms with van der Waals surface area (Å²) in [6, 6.07) is 5.52. The lowest BCUT2D eigenvalue weighted by Gasteiger charge is -1.94. The normalized spacial score (nSPS) is 13.6. The van der Waals surface area contributed by atoms with Crippen molar-refractivity contribution in [2.75, 3.05) is 10.5 Å². The number of hydrogen-bond acceptors (Lipinski definition) is 4. The molecule has 3 nitrogen and oxygen atoms in total. The zero-order chi connectivity index (χ0) is 6.97. The second-order valence-electron chi connectivity index (χ2n) is 2.02. The molecule has 1 aromatic carbocycles. The van der Waals surface area contributed by atoms with Crippen LogP contribution in [0, 0.1) is 0 Å². The lowest BCUT2D eigenvalue weighted by molar-refractivity contribution is 0.666. The first-order chi connectivity index (χ1) is 4.86. The predicted octanol–water partition coefficient (Wildman–Crippen LogP) is 1.64. The molecule has 3 N–H and O–H groups in total. The summed E-state index contributed by atoms with van der Waals surface area (Å²) in [7, 11) is 0. The maximum absolute atomic E-state index is 5.51. The molecule has 0 amide bonds. The van der Waals surface area contributed by atoms with Gasteiger partial charge in [-0.1, -0.05) is 0 Å². The molecule has 0 fully saturated rings. The third kappa shape index (κ3) is 0.769. The summed E-state index contributed by atoms with van der Waals surface area (Å²) in [5, 5.41) is 0. The van der Waals surface area contributed by atoms with Crippen molar-refractivity contribution in [2.24, 2.45) is 0 Å². The molecule has 0 unspecified atom stereocenters. The minimum Gasteiger partial charge on any atom is -0.403 e. The first kappa shape index (κ1) is 5.73. The summed E-state index contributed by atoms with van der Waals surface area (Å²) in [6.07, 6.45) is 0. The Hall–Kier alpha value is -1.03. The Morgan fingerprint density at radius 1 is 1.50 bits per heavy atom. The van der Waals surface area contributed by atoms with Crippen molar-refractivity contribution in [1.82, 2.24) is 0 Å². The zero-order valence-electron chi connectivity index (χ0n) is 5.13. The molecule has 4 heteroatoms. The van der Waals surface area contributed by atoms with Gasteiger partial charge in [-0.15, -0.1) is 0 Å². The molecule has 0 spiro atoms. The standard InChI is InChI=1S/C6H6N2OS/c7-4-1-2-5-6(3-4)9-10-8-5/h1-3,8H,7H2. The summed E-state index contributed by atoms with van der Waals surface area (Å²) < 4.78 is 8.07. The number of anilines is 2. The minimum atomic E-state index is 0.725. The van der Waals surface area contributed by atoms with Gasteiger partial charge in [-0.05, 0) is 12.1 Å². The minimum absolute atomic E-state index is 0.725. The third-order valence-corrected chi connectivity index (χ3v) is 1.85. The number of fused-ring (bicyclic) bond motifs is 1. The van der Waals surface area contributed by atoms with Gasteiger partial charge in [0, 0.05) is 11.8 Å². The second-order valence-corrected chi connectivity index (χ2v) is 2.56. The van der Waals surface area contributed by atoms with Crippen LogP contribution in [0.25, 0.3) is 0 Å². The van der Waals surface area contributed by atoms with Crippen molar-refractivity contribution in [3.8, 4) is 5.75 Å². The van der Waals surface area contributed by atoms with E-state index in [1.165, 1.54) is 12.2 Å². The molecule has 2 rings (SSSR count). The van der Waals surface area contributed by atoms with E-state index >= 15 is 0 Å². The van der Waals surface area contributed by atoms with Crippen LogP contribution in [0.4, 0.5) is 11.4 Å². The van der Waals surface area contributed by atoms with Gasteiger partial charge in [0.25, 0.3) is 0 Å². The van der Waals surface area contributed by atoms with Crippen LogP contribution >= 0.6 is 12.2 Å². The molecule has 0 saturated carbocycles. The quantitative estimate of drug-likeness (QED) is 0.339. The number of benzene rings is 1. The largest absolute Gasteiger partial charge is 0.403 e. The highest BCUT2D eigenvalue weighted by Crippen LogP contribution is 2.36. The van der Waals surface area contributed by atoms with Crippen molar-refractivity contribution in [2.45, 2.75) is 0 Å². The summed E-state index contributed by atoms with van der Waals surface area (Å²) in [5.74, 6) is 0.810. The molecule has 0 saturated heterocycles. The van der Waals surface area contributed by atoms with Gasteiger partial charge in [0.1, 0.15) is 0 Å². The van der Waals surface area contributed by atoms with Crippen molar-refractivity contribution >= 4 is 23.6 Å². The SMILES string of the molecule is Nc1ccc2c(c1)OSN2. The van der Waals surface area contributed by atoms with Gasteiger partial charge < -0.3 is 9.92 Å². The number of hydrogen-bond donors (Lipinski definition) is 2. The van der Waals surface area contributed by atoms with Gasteiger partial charge >= 0.3 is 0 Å². The predicted molar refractivity (Wildman–Crippen MR) is 42.7 cm³/mol. The van der Waals surface area contributed by atoms with Gasteiger partial charge in [-0.3, -0.25) is 4.72 Å². The highest BCUT2D eigenvalue weighted by molar-refractivity contribution is 7.96. The van der Waals surface area contributed by atoms with E-state index in [2.05, 4.69) is 4.72 Å².